The van der Waals surface area contributed by atoms with Crippen LogP contribution in [0.3, 0.4) is 0 Å². The molecular weight excluding hydrogens is 210 g/mol. The molecule has 0 atom stereocenters. The molecule has 0 amide bonds. The number of hydrogen-bond donors (Lipinski definition) is 0. The van der Waals surface area contributed by atoms with Crippen molar-refractivity contribution in [2.45, 2.75) is 8.00 Å². The summed E-state index contributed by atoms with van der Waals surface area (Å²) in [4.78, 5) is 0. The van der Waals surface area contributed by atoms with Crippen LogP contribution in [0.4, 0.5) is 0 Å². The Bertz CT molecular complexity index is 95.9. The van der Waals surface area contributed by atoms with Crippen molar-refractivity contribution in [2.24, 2.45) is 0 Å². The third kappa shape index (κ3) is 1.04. The van der Waals surface area contributed by atoms with Crippen LogP contribution in [-0.2, 0) is 0 Å². The Labute approximate surface area is 71.8 Å². The highest BCUT2D eigenvalue weighted by Gasteiger charge is 2.56. The van der Waals surface area contributed by atoms with E-state index in [1.54, 1.807) is 0 Å². The molecule has 0 aromatic rings. The van der Waals surface area contributed by atoms with Gasteiger partial charge in [-0.15, -0.1) is 11.8 Å². The van der Waals surface area contributed by atoms with Crippen LogP contribution in [-0.4, -0.2) is 13.8 Å². The second-order valence-corrected chi connectivity index (χ2v) is 5.96. The largest absolute Gasteiger partial charge is 0.196 e. The first-order valence-corrected chi connectivity index (χ1v) is 4.35. The molecule has 8 heavy (non-hydrogen) atoms. The quantitative estimate of drug-likeness (QED) is 0.556. The van der Waals surface area contributed by atoms with E-state index in [1.165, 1.54) is 11.8 Å². The van der Waals surface area contributed by atoms with Crippen molar-refractivity contribution in [3.8, 4) is 0 Å². The molecule has 5 heteroatoms. The van der Waals surface area contributed by atoms with E-state index in [9.17, 15) is 0 Å². The summed E-state index contributed by atoms with van der Waals surface area (Å²) in [6.07, 6.45) is 0. The molecule has 0 aliphatic carbocycles. The van der Waals surface area contributed by atoms with Crippen LogP contribution >= 0.6 is 58.2 Å². The van der Waals surface area contributed by atoms with Gasteiger partial charge in [0, 0.05) is 5.75 Å². The van der Waals surface area contributed by atoms with Gasteiger partial charge in [0.15, 0.2) is 8.00 Å². The van der Waals surface area contributed by atoms with Crippen molar-refractivity contribution in [3.05, 3.63) is 0 Å². The van der Waals surface area contributed by atoms with Gasteiger partial charge in [0.1, 0.15) is 0 Å². The highest BCUT2D eigenvalue weighted by atomic mass is 35.5. The minimum atomic E-state index is -0.990. The predicted octanol–water partition coefficient (Wildman–Crippen LogP) is 3.04. The number of halogens is 4. The summed E-state index contributed by atoms with van der Waals surface area (Å²) in [5.41, 5.74) is 0. The van der Waals surface area contributed by atoms with Gasteiger partial charge in [0.05, 0.1) is 0 Å². The van der Waals surface area contributed by atoms with Crippen molar-refractivity contribution in [3.63, 3.8) is 0 Å². The average molecular weight is 212 g/mol. The fraction of sp³-hybridized carbons (Fsp3) is 1.00. The fourth-order valence-electron chi connectivity index (χ4n) is 0.290. The standard InChI is InChI=1S/C3H2Cl4S/c4-2(5)1-8-3(2,6)7/h1H2. The lowest BCUT2D eigenvalue weighted by Crippen LogP contribution is -2.46. The van der Waals surface area contributed by atoms with Gasteiger partial charge in [-0.3, -0.25) is 0 Å². The first kappa shape index (κ1) is 7.62. The van der Waals surface area contributed by atoms with Gasteiger partial charge in [-0.25, -0.2) is 0 Å². The molecule has 0 radical (unpaired) electrons. The highest BCUT2D eigenvalue weighted by Crippen LogP contribution is 2.60. The van der Waals surface area contributed by atoms with Crippen LogP contribution in [0.1, 0.15) is 0 Å². The fourth-order valence-corrected chi connectivity index (χ4v) is 2.18. The molecule has 0 aromatic carbocycles. The smallest absolute Gasteiger partial charge is 0.117 e. The monoisotopic (exact) mass is 210 g/mol. The molecule has 0 nitrogen and oxygen atoms in total. The Morgan fingerprint density at radius 3 is 1.50 bits per heavy atom. The molecule has 1 saturated heterocycles. The van der Waals surface area contributed by atoms with Crippen LogP contribution in [0.15, 0.2) is 0 Å². The molecule has 0 saturated carbocycles. The minimum Gasteiger partial charge on any atom is -0.117 e. The molecule has 0 bridgehead atoms. The first-order valence-electron chi connectivity index (χ1n) is 1.85. The third-order valence-corrected chi connectivity index (χ3v) is 5.21. The van der Waals surface area contributed by atoms with E-state index in [2.05, 4.69) is 0 Å². The Morgan fingerprint density at radius 2 is 1.50 bits per heavy atom. The van der Waals surface area contributed by atoms with Crippen LogP contribution in [0.5, 0.6) is 0 Å². The average Bonchev–Trinajstić information content (AvgIpc) is 1.64. The van der Waals surface area contributed by atoms with Crippen molar-refractivity contribution in [2.75, 3.05) is 5.75 Å². The highest BCUT2D eigenvalue weighted by molar-refractivity contribution is 8.05. The van der Waals surface area contributed by atoms with Crippen LogP contribution in [0.2, 0.25) is 0 Å². The summed E-state index contributed by atoms with van der Waals surface area (Å²) in [6, 6.07) is 0. The van der Waals surface area contributed by atoms with Gasteiger partial charge in [-0.2, -0.15) is 0 Å². The van der Waals surface area contributed by atoms with E-state index < -0.39 is 8.00 Å². The van der Waals surface area contributed by atoms with Crippen LogP contribution in [0, 0.1) is 0 Å². The summed E-state index contributed by atoms with van der Waals surface area (Å²) in [5, 5.41) is 0. The molecule has 1 aliphatic heterocycles. The lowest BCUT2D eigenvalue weighted by Gasteiger charge is -2.41. The predicted molar refractivity (Wildman–Crippen MR) is 41.3 cm³/mol. The number of alkyl halides is 4. The Kier molecular flexibility index (Phi) is 1.90. The second-order valence-electron chi connectivity index (χ2n) is 1.51. The van der Waals surface area contributed by atoms with Gasteiger partial charge in [0.25, 0.3) is 0 Å². The van der Waals surface area contributed by atoms with Crippen LogP contribution < -0.4 is 0 Å². The number of rotatable bonds is 0. The maximum atomic E-state index is 5.58. The minimum absolute atomic E-state index is 0.600. The lowest BCUT2D eigenvalue weighted by atomic mass is 10.5. The van der Waals surface area contributed by atoms with Gasteiger partial charge in [-0.1, -0.05) is 46.4 Å². The molecule has 0 N–H and O–H groups in total. The number of hydrogen-bond acceptors (Lipinski definition) is 1. The Balaban J connectivity index is 2.63. The molecule has 1 heterocycles. The van der Waals surface area contributed by atoms with Crippen molar-refractivity contribution >= 4 is 58.2 Å². The van der Waals surface area contributed by atoms with Crippen molar-refractivity contribution in [1.82, 2.24) is 0 Å². The van der Waals surface area contributed by atoms with Crippen molar-refractivity contribution < 1.29 is 0 Å². The molecule has 0 spiro atoms. The molecule has 0 aromatic heterocycles. The summed E-state index contributed by atoms with van der Waals surface area (Å²) in [5.74, 6) is 0.600. The van der Waals surface area contributed by atoms with E-state index >= 15 is 0 Å². The Hall–Kier alpha value is 1.51. The van der Waals surface area contributed by atoms with E-state index in [0.29, 0.717) is 5.75 Å². The molecule has 1 fully saturated rings. The normalized spacial score (nSPS) is 31.5. The third-order valence-electron chi connectivity index (χ3n) is 0.861. The summed E-state index contributed by atoms with van der Waals surface area (Å²) >= 11 is 23.6. The maximum Gasteiger partial charge on any atom is 0.196 e. The molecule has 48 valence electrons. The van der Waals surface area contributed by atoms with E-state index in [1.807, 2.05) is 0 Å². The van der Waals surface area contributed by atoms with E-state index in [4.69, 9.17) is 46.4 Å². The van der Waals surface area contributed by atoms with Gasteiger partial charge in [0.2, 0.25) is 0 Å². The SMILES string of the molecule is ClC1(Cl)CSC1(Cl)Cl. The number of thioether (sulfide) groups is 1. The summed E-state index contributed by atoms with van der Waals surface area (Å²) in [6.45, 7) is 0. The zero-order valence-corrected chi connectivity index (χ0v) is 7.47. The van der Waals surface area contributed by atoms with E-state index in [-0.39, 0.29) is 0 Å². The second kappa shape index (κ2) is 2.00. The molecule has 1 rings (SSSR count). The molecular formula is C3H2Cl4S. The summed E-state index contributed by atoms with van der Waals surface area (Å²) in [7, 11) is 0. The molecule has 0 unspecified atom stereocenters. The lowest BCUT2D eigenvalue weighted by molar-refractivity contribution is 0.860. The van der Waals surface area contributed by atoms with Crippen molar-refractivity contribution in [1.29, 1.82) is 0 Å². The van der Waals surface area contributed by atoms with E-state index in [0.717, 1.165) is 0 Å². The molecule has 1 aliphatic rings. The topological polar surface area (TPSA) is 0 Å². The van der Waals surface area contributed by atoms with Crippen LogP contribution in [0.25, 0.3) is 0 Å². The van der Waals surface area contributed by atoms with Gasteiger partial charge in [-0.05, 0) is 0 Å². The zero-order valence-electron chi connectivity index (χ0n) is 3.63. The first-order chi connectivity index (χ1) is 3.46. The van der Waals surface area contributed by atoms with Gasteiger partial charge >= 0.3 is 0 Å². The summed E-state index contributed by atoms with van der Waals surface area (Å²) < 4.78 is -1.93. The maximum absolute atomic E-state index is 5.58. The van der Waals surface area contributed by atoms with Gasteiger partial charge < -0.3 is 0 Å². The Morgan fingerprint density at radius 1 is 1.12 bits per heavy atom. The zero-order chi connectivity index (χ0) is 6.41.